The minimum atomic E-state index is -4.33. The first-order valence-electron chi connectivity index (χ1n) is 6.06. The number of hydrogen-bond acceptors (Lipinski definition) is 3. The Morgan fingerprint density at radius 3 is 2.50 bits per heavy atom. The van der Waals surface area contributed by atoms with E-state index in [9.17, 15) is 13.2 Å². The summed E-state index contributed by atoms with van der Waals surface area (Å²) >= 11 is 5.79. The molecule has 0 aliphatic rings. The van der Waals surface area contributed by atoms with Gasteiger partial charge in [0.15, 0.2) is 11.5 Å². The smallest absolute Gasteiger partial charge is 0.411 e. The highest BCUT2D eigenvalue weighted by atomic mass is 35.5. The molecule has 0 N–H and O–H groups in total. The second-order valence-electron chi connectivity index (χ2n) is 3.83. The number of ether oxygens (including phenoxy) is 3. The van der Waals surface area contributed by atoms with Gasteiger partial charge in [-0.2, -0.15) is 13.2 Å². The number of para-hydroxylation sites is 1. The molecule has 0 aromatic heterocycles. The standard InChI is InChI=1S/C13H16ClF3O3/c1-2-19-11-5-3-4-10(8-14)12(11)20-7-6-18-9-13(15,16)17/h3-5H,2,6-9H2,1H3. The fourth-order valence-electron chi connectivity index (χ4n) is 1.49. The molecule has 7 heteroatoms. The van der Waals surface area contributed by atoms with Gasteiger partial charge in [-0.3, -0.25) is 0 Å². The topological polar surface area (TPSA) is 27.7 Å². The summed E-state index contributed by atoms with van der Waals surface area (Å²) in [5, 5.41) is 0. The first kappa shape index (κ1) is 16.9. The van der Waals surface area contributed by atoms with Crippen LogP contribution in [0.5, 0.6) is 11.5 Å². The summed E-state index contributed by atoms with van der Waals surface area (Å²) < 4.78 is 50.9. The maximum absolute atomic E-state index is 11.9. The molecular weight excluding hydrogens is 297 g/mol. The third kappa shape index (κ3) is 5.88. The van der Waals surface area contributed by atoms with E-state index >= 15 is 0 Å². The lowest BCUT2D eigenvalue weighted by Gasteiger charge is -2.15. The third-order valence-corrected chi connectivity index (χ3v) is 2.53. The van der Waals surface area contributed by atoms with Gasteiger partial charge in [-0.15, -0.1) is 11.6 Å². The van der Waals surface area contributed by atoms with Crippen LogP contribution in [0.4, 0.5) is 13.2 Å². The monoisotopic (exact) mass is 312 g/mol. The van der Waals surface area contributed by atoms with E-state index in [0.29, 0.717) is 23.7 Å². The third-order valence-electron chi connectivity index (χ3n) is 2.24. The fraction of sp³-hybridized carbons (Fsp3) is 0.538. The predicted molar refractivity (Wildman–Crippen MR) is 69.5 cm³/mol. The molecule has 0 saturated heterocycles. The first-order chi connectivity index (χ1) is 9.48. The van der Waals surface area contributed by atoms with Crippen molar-refractivity contribution >= 4 is 11.6 Å². The highest BCUT2D eigenvalue weighted by molar-refractivity contribution is 6.17. The van der Waals surface area contributed by atoms with Gasteiger partial charge < -0.3 is 14.2 Å². The van der Waals surface area contributed by atoms with Crippen LogP contribution in [0.1, 0.15) is 12.5 Å². The summed E-state index contributed by atoms with van der Waals surface area (Å²) in [6, 6.07) is 5.25. The maximum atomic E-state index is 11.9. The van der Waals surface area contributed by atoms with Crippen molar-refractivity contribution in [1.29, 1.82) is 0 Å². The minimum Gasteiger partial charge on any atom is -0.490 e. The second-order valence-corrected chi connectivity index (χ2v) is 4.09. The zero-order chi connectivity index (χ0) is 15.0. The normalized spacial score (nSPS) is 11.4. The summed E-state index contributed by atoms with van der Waals surface area (Å²) in [7, 11) is 0. The summed E-state index contributed by atoms with van der Waals surface area (Å²) in [4.78, 5) is 0. The van der Waals surface area contributed by atoms with E-state index in [4.69, 9.17) is 21.1 Å². The van der Waals surface area contributed by atoms with E-state index in [1.54, 1.807) is 18.2 Å². The summed E-state index contributed by atoms with van der Waals surface area (Å²) in [5.41, 5.74) is 0.716. The van der Waals surface area contributed by atoms with Crippen LogP contribution in [0.25, 0.3) is 0 Å². The second kappa shape index (κ2) is 8.21. The van der Waals surface area contributed by atoms with Gasteiger partial charge in [0, 0.05) is 5.56 Å². The lowest BCUT2D eigenvalue weighted by Crippen LogP contribution is -2.19. The summed E-state index contributed by atoms with van der Waals surface area (Å²) in [6.07, 6.45) is -4.33. The Labute approximate surface area is 120 Å². The average Bonchev–Trinajstić information content (AvgIpc) is 2.38. The Morgan fingerprint density at radius 1 is 1.15 bits per heavy atom. The summed E-state index contributed by atoms with van der Waals surface area (Å²) in [6.45, 7) is 0.813. The predicted octanol–water partition coefficient (Wildman–Crippen LogP) is 3.78. The Hall–Kier alpha value is -1.14. The van der Waals surface area contributed by atoms with E-state index in [-0.39, 0.29) is 19.1 Å². The van der Waals surface area contributed by atoms with E-state index in [2.05, 4.69) is 4.74 Å². The molecule has 0 saturated carbocycles. The van der Waals surface area contributed by atoms with E-state index in [1.807, 2.05) is 6.92 Å². The molecule has 0 spiro atoms. The molecule has 0 amide bonds. The van der Waals surface area contributed by atoms with Gasteiger partial charge in [-0.25, -0.2) is 0 Å². The number of rotatable bonds is 8. The number of halogens is 4. The van der Waals surface area contributed by atoms with Crippen LogP contribution in [0.3, 0.4) is 0 Å². The van der Waals surface area contributed by atoms with Crippen LogP contribution in [0.2, 0.25) is 0 Å². The number of benzene rings is 1. The van der Waals surface area contributed by atoms with Gasteiger partial charge in [0.05, 0.1) is 19.1 Å². The Kier molecular flexibility index (Phi) is 6.95. The van der Waals surface area contributed by atoms with Crippen LogP contribution in [0.15, 0.2) is 18.2 Å². The van der Waals surface area contributed by atoms with Crippen LogP contribution in [0, 0.1) is 0 Å². The van der Waals surface area contributed by atoms with Crippen LogP contribution in [-0.4, -0.2) is 32.6 Å². The molecule has 0 heterocycles. The molecule has 1 rings (SSSR count). The molecular formula is C13H16ClF3O3. The molecule has 114 valence electrons. The van der Waals surface area contributed by atoms with E-state index in [0.717, 1.165) is 0 Å². The molecule has 0 aliphatic carbocycles. The van der Waals surface area contributed by atoms with Crippen LogP contribution < -0.4 is 9.47 Å². The van der Waals surface area contributed by atoms with Gasteiger partial charge in [-0.05, 0) is 13.0 Å². The van der Waals surface area contributed by atoms with Crippen LogP contribution >= 0.6 is 11.6 Å². The lowest BCUT2D eigenvalue weighted by atomic mass is 10.2. The minimum absolute atomic E-state index is 0.00986. The Morgan fingerprint density at radius 2 is 1.90 bits per heavy atom. The molecule has 0 atom stereocenters. The number of alkyl halides is 4. The van der Waals surface area contributed by atoms with Crippen molar-refractivity contribution in [3.05, 3.63) is 23.8 Å². The fourth-order valence-corrected chi connectivity index (χ4v) is 1.70. The highest BCUT2D eigenvalue weighted by Gasteiger charge is 2.27. The van der Waals surface area contributed by atoms with Crippen molar-refractivity contribution in [2.24, 2.45) is 0 Å². The molecule has 1 aromatic carbocycles. The van der Waals surface area contributed by atoms with Crippen molar-refractivity contribution in [3.8, 4) is 11.5 Å². The molecule has 0 radical (unpaired) electrons. The zero-order valence-corrected chi connectivity index (χ0v) is 11.8. The van der Waals surface area contributed by atoms with Crippen molar-refractivity contribution in [1.82, 2.24) is 0 Å². The molecule has 1 aromatic rings. The van der Waals surface area contributed by atoms with Crippen molar-refractivity contribution in [2.75, 3.05) is 26.4 Å². The Balaban J connectivity index is 2.53. The summed E-state index contributed by atoms with van der Waals surface area (Å²) in [5.74, 6) is 1.18. The van der Waals surface area contributed by atoms with Gasteiger partial charge in [0.25, 0.3) is 0 Å². The van der Waals surface area contributed by atoms with Gasteiger partial charge in [0.2, 0.25) is 0 Å². The first-order valence-corrected chi connectivity index (χ1v) is 6.59. The van der Waals surface area contributed by atoms with Gasteiger partial charge >= 0.3 is 6.18 Å². The van der Waals surface area contributed by atoms with E-state index < -0.39 is 12.8 Å². The number of hydrogen-bond donors (Lipinski definition) is 0. The molecule has 0 aliphatic heterocycles. The largest absolute Gasteiger partial charge is 0.490 e. The quantitative estimate of drug-likeness (QED) is 0.540. The van der Waals surface area contributed by atoms with E-state index in [1.165, 1.54) is 0 Å². The molecule has 0 fully saturated rings. The van der Waals surface area contributed by atoms with Gasteiger partial charge in [0.1, 0.15) is 13.2 Å². The highest BCUT2D eigenvalue weighted by Crippen LogP contribution is 2.32. The molecule has 20 heavy (non-hydrogen) atoms. The van der Waals surface area contributed by atoms with Crippen LogP contribution in [-0.2, 0) is 10.6 Å². The maximum Gasteiger partial charge on any atom is 0.411 e. The van der Waals surface area contributed by atoms with Crippen molar-refractivity contribution in [3.63, 3.8) is 0 Å². The molecule has 3 nitrogen and oxygen atoms in total. The van der Waals surface area contributed by atoms with Gasteiger partial charge in [-0.1, -0.05) is 12.1 Å². The van der Waals surface area contributed by atoms with Crippen molar-refractivity contribution in [2.45, 2.75) is 19.0 Å². The molecule has 0 bridgehead atoms. The lowest BCUT2D eigenvalue weighted by molar-refractivity contribution is -0.175. The van der Waals surface area contributed by atoms with Crippen molar-refractivity contribution < 1.29 is 27.4 Å². The zero-order valence-electron chi connectivity index (χ0n) is 11.0. The average molecular weight is 313 g/mol. The molecule has 0 unspecified atom stereocenters. The Bertz CT molecular complexity index is 410. The SMILES string of the molecule is CCOc1cccc(CCl)c1OCCOCC(F)(F)F.